The van der Waals surface area contributed by atoms with Crippen LogP contribution in [0.5, 0.6) is 0 Å². The van der Waals surface area contributed by atoms with Gasteiger partial charge in [0.05, 0.1) is 46.5 Å². The zero-order chi connectivity index (χ0) is 27.9. The van der Waals surface area contributed by atoms with Gasteiger partial charge in [-0.15, -0.1) is 5.10 Å². The van der Waals surface area contributed by atoms with E-state index in [1.165, 1.54) is 30.7 Å². The minimum atomic E-state index is -0.762. The normalized spacial score (nSPS) is 19.9. The molecule has 11 heteroatoms. The molecule has 4 aromatic rings. The van der Waals surface area contributed by atoms with Gasteiger partial charge in [0.2, 0.25) is 11.8 Å². The third kappa shape index (κ3) is 4.56. The highest BCUT2D eigenvalue weighted by atomic mass is 19.1. The zero-order valence-corrected chi connectivity index (χ0v) is 22.0. The van der Waals surface area contributed by atoms with E-state index >= 15 is 0 Å². The molecule has 0 aliphatic heterocycles. The number of oxazole rings is 1. The number of fused-ring (bicyclic) bond motifs is 1. The molecule has 0 fully saturated rings. The summed E-state index contributed by atoms with van der Waals surface area (Å²) >= 11 is 0. The van der Waals surface area contributed by atoms with Gasteiger partial charge in [-0.3, -0.25) is 9.78 Å². The first-order valence-electron chi connectivity index (χ1n) is 12.5. The van der Waals surface area contributed by atoms with Gasteiger partial charge in [0.25, 0.3) is 0 Å². The van der Waals surface area contributed by atoms with Gasteiger partial charge in [-0.1, -0.05) is 26.8 Å². The Kier molecular flexibility index (Phi) is 6.71. The topological polar surface area (TPSA) is 127 Å². The summed E-state index contributed by atoms with van der Waals surface area (Å²) in [6, 6.07) is 5.44. The number of benzene rings is 1. The quantitative estimate of drug-likeness (QED) is 0.375. The average Bonchev–Trinajstić information content (AvgIpc) is 3.39. The molecule has 1 aromatic carbocycles. The Hall–Kier alpha value is -4.12. The van der Waals surface area contributed by atoms with Crippen molar-refractivity contribution in [2.75, 3.05) is 6.61 Å². The number of rotatable bonds is 6. The van der Waals surface area contributed by atoms with Crippen molar-refractivity contribution in [3.8, 4) is 22.8 Å². The van der Waals surface area contributed by atoms with E-state index in [2.05, 4.69) is 46.3 Å². The molecule has 9 nitrogen and oxygen atoms in total. The Morgan fingerprint density at radius 1 is 1.13 bits per heavy atom. The minimum Gasteiger partial charge on any atom is -0.443 e. The molecule has 1 amide bonds. The number of aliphatic hydroxyl groups is 1. The standard InChI is InChI=1S/C28H28F2N6O3/c1-15-9-27(2,3)28(4,25-17(15)8-20(35-36-25)24-18(29)6-5-7-19(24)30)22-12-31-11-21(34-22)26-33-16(14-39-26)10-32-23(38)13-37/h5-8,11-12,14-15,37H,9-10,13H2,1-4H3,(H,32,38)/t15-,28+/m1/s1. The molecule has 3 heterocycles. The van der Waals surface area contributed by atoms with E-state index < -0.39 is 29.6 Å². The fourth-order valence-electron chi connectivity index (χ4n) is 5.36. The number of aliphatic hydroxyl groups excluding tert-OH is 1. The summed E-state index contributed by atoms with van der Waals surface area (Å²) in [5.74, 6) is -1.65. The van der Waals surface area contributed by atoms with E-state index in [0.29, 0.717) is 22.8 Å². The number of nitrogens with one attached hydrogen (secondary N) is 1. The molecule has 202 valence electrons. The Morgan fingerprint density at radius 3 is 2.59 bits per heavy atom. The lowest BCUT2D eigenvalue weighted by Gasteiger charge is -2.49. The second kappa shape index (κ2) is 9.88. The number of carbonyl (C=O) groups is 1. The summed E-state index contributed by atoms with van der Waals surface area (Å²) in [6.07, 6.45) is 5.35. The van der Waals surface area contributed by atoms with Crippen molar-refractivity contribution >= 4 is 5.91 Å². The SMILES string of the molecule is C[C@@H]1CC(C)(C)[C@@](C)(c2cncc(-c3nc(CNC(=O)CO)co3)n2)c2nnc(-c3c(F)cccc3F)cc21. The first-order chi connectivity index (χ1) is 18.5. The van der Waals surface area contributed by atoms with Crippen LogP contribution in [0.25, 0.3) is 22.8 Å². The Balaban J connectivity index is 1.57. The van der Waals surface area contributed by atoms with Crippen LogP contribution in [0.2, 0.25) is 0 Å². The number of nitrogens with zero attached hydrogens (tertiary/aromatic N) is 5. The van der Waals surface area contributed by atoms with Crippen LogP contribution in [0.3, 0.4) is 0 Å². The number of hydrogen-bond acceptors (Lipinski definition) is 8. The van der Waals surface area contributed by atoms with E-state index in [0.717, 1.165) is 12.0 Å². The first kappa shape index (κ1) is 26.5. The fraction of sp³-hybridized carbons (Fsp3) is 0.357. The molecule has 0 bridgehead atoms. The predicted molar refractivity (Wildman–Crippen MR) is 137 cm³/mol. The summed E-state index contributed by atoms with van der Waals surface area (Å²) in [6.45, 7) is 7.81. The van der Waals surface area contributed by atoms with E-state index in [1.807, 2.05) is 6.92 Å². The van der Waals surface area contributed by atoms with Gasteiger partial charge in [-0.05, 0) is 48.4 Å². The maximum Gasteiger partial charge on any atom is 0.246 e. The van der Waals surface area contributed by atoms with Crippen LogP contribution in [0.1, 0.15) is 62.7 Å². The summed E-state index contributed by atoms with van der Waals surface area (Å²) in [7, 11) is 0. The number of aromatic nitrogens is 5. The third-order valence-electron chi connectivity index (χ3n) is 7.74. The van der Waals surface area contributed by atoms with Crippen LogP contribution < -0.4 is 5.32 Å². The molecule has 0 saturated carbocycles. The molecule has 0 unspecified atom stereocenters. The van der Waals surface area contributed by atoms with Gasteiger partial charge in [-0.2, -0.15) is 5.10 Å². The fourth-order valence-corrected chi connectivity index (χ4v) is 5.36. The van der Waals surface area contributed by atoms with Crippen LogP contribution in [0.4, 0.5) is 8.78 Å². The number of carbonyl (C=O) groups excluding carboxylic acids is 1. The van der Waals surface area contributed by atoms with Crippen molar-refractivity contribution in [1.29, 1.82) is 0 Å². The Morgan fingerprint density at radius 2 is 1.87 bits per heavy atom. The molecular weight excluding hydrogens is 506 g/mol. The van der Waals surface area contributed by atoms with Crippen molar-refractivity contribution < 1.29 is 23.1 Å². The van der Waals surface area contributed by atoms with Crippen molar-refractivity contribution in [3.63, 3.8) is 0 Å². The Labute approximate surface area is 223 Å². The summed E-state index contributed by atoms with van der Waals surface area (Å²) in [5, 5.41) is 20.2. The van der Waals surface area contributed by atoms with Crippen molar-refractivity contribution in [3.05, 3.63) is 77.2 Å². The van der Waals surface area contributed by atoms with E-state index in [9.17, 15) is 13.6 Å². The molecule has 3 aromatic heterocycles. The summed E-state index contributed by atoms with van der Waals surface area (Å²) in [5.41, 5.74) is 1.80. The predicted octanol–water partition coefficient (Wildman–Crippen LogP) is 4.31. The van der Waals surface area contributed by atoms with Gasteiger partial charge in [0, 0.05) is 6.20 Å². The highest BCUT2D eigenvalue weighted by Gasteiger charge is 2.52. The number of amides is 1. The molecule has 1 aliphatic carbocycles. The highest BCUT2D eigenvalue weighted by Crippen LogP contribution is 2.56. The summed E-state index contributed by atoms with van der Waals surface area (Å²) in [4.78, 5) is 25.0. The second-order valence-corrected chi connectivity index (χ2v) is 10.6. The lowest BCUT2D eigenvalue weighted by atomic mass is 9.54. The highest BCUT2D eigenvalue weighted by molar-refractivity contribution is 5.76. The molecule has 0 radical (unpaired) electrons. The van der Waals surface area contributed by atoms with Crippen molar-refractivity contribution in [2.24, 2.45) is 5.41 Å². The zero-order valence-electron chi connectivity index (χ0n) is 22.0. The molecule has 2 atom stereocenters. The lowest BCUT2D eigenvalue weighted by molar-refractivity contribution is -0.124. The van der Waals surface area contributed by atoms with Gasteiger partial charge in [0.15, 0.2) is 0 Å². The van der Waals surface area contributed by atoms with Gasteiger partial charge in [0.1, 0.15) is 30.2 Å². The summed E-state index contributed by atoms with van der Waals surface area (Å²) < 4.78 is 34.7. The number of halogens is 2. The molecule has 0 saturated heterocycles. The van der Waals surface area contributed by atoms with Crippen LogP contribution in [0.15, 0.2) is 47.3 Å². The molecule has 5 rings (SSSR count). The van der Waals surface area contributed by atoms with Crippen LogP contribution >= 0.6 is 0 Å². The van der Waals surface area contributed by atoms with Crippen LogP contribution in [0, 0.1) is 17.0 Å². The first-order valence-corrected chi connectivity index (χ1v) is 12.5. The van der Waals surface area contributed by atoms with E-state index in [1.54, 1.807) is 12.3 Å². The lowest BCUT2D eigenvalue weighted by Crippen LogP contribution is -2.47. The monoisotopic (exact) mass is 534 g/mol. The van der Waals surface area contributed by atoms with Crippen molar-refractivity contribution in [2.45, 2.75) is 52.0 Å². The number of hydrogen-bond donors (Lipinski definition) is 2. The Bertz CT molecular complexity index is 1540. The largest absolute Gasteiger partial charge is 0.443 e. The van der Waals surface area contributed by atoms with Gasteiger partial charge in [-0.25, -0.2) is 18.7 Å². The molecule has 2 N–H and O–H groups in total. The molecule has 1 aliphatic rings. The molecule has 0 spiro atoms. The van der Waals surface area contributed by atoms with E-state index in [4.69, 9.17) is 14.5 Å². The maximum absolute atomic E-state index is 14.5. The maximum atomic E-state index is 14.5. The molecule has 39 heavy (non-hydrogen) atoms. The second-order valence-electron chi connectivity index (χ2n) is 10.6. The third-order valence-corrected chi connectivity index (χ3v) is 7.74. The van der Waals surface area contributed by atoms with E-state index in [-0.39, 0.29) is 35.0 Å². The van der Waals surface area contributed by atoms with Crippen molar-refractivity contribution in [1.82, 2.24) is 30.5 Å². The van der Waals surface area contributed by atoms with Crippen LogP contribution in [-0.4, -0.2) is 42.8 Å². The van der Waals surface area contributed by atoms with Gasteiger partial charge >= 0.3 is 0 Å². The average molecular weight is 535 g/mol. The van der Waals surface area contributed by atoms with Gasteiger partial charge < -0.3 is 14.8 Å². The minimum absolute atomic E-state index is 0.0479. The van der Waals surface area contributed by atoms with Crippen LogP contribution in [-0.2, 0) is 16.8 Å². The smallest absolute Gasteiger partial charge is 0.246 e. The molecular formula is C28H28F2N6O3.